The van der Waals surface area contributed by atoms with E-state index in [-0.39, 0.29) is 23.5 Å². The standard InChI is InChI=1S/C32H47N3O5/c1-9-10-11-19-35(30(38)26(20-21(2)3)33-31(39)40-32(6,7)8)28(24-15-17-25(36)18-16-24)29(37)34-27-22(4)13-12-14-23(27)5/h12-18,21,26,28,36H,9-11,19-20H2,1-8H3,(H,33,39)(H,34,37). The van der Waals surface area contributed by atoms with Crippen molar-refractivity contribution >= 4 is 23.6 Å². The first-order valence-electron chi connectivity index (χ1n) is 14.2. The molecule has 0 heterocycles. The Kier molecular flexibility index (Phi) is 12.0. The van der Waals surface area contributed by atoms with Crippen LogP contribution in [0, 0.1) is 19.8 Å². The zero-order chi connectivity index (χ0) is 30.0. The van der Waals surface area contributed by atoms with Crippen LogP contribution in [0.4, 0.5) is 10.5 Å². The summed E-state index contributed by atoms with van der Waals surface area (Å²) in [6.07, 6.45) is 2.20. The molecule has 220 valence electrons. The molecule has 0 spiro atoms. The molecule has 0 aliphatic carbocycles. The second-order valence-electron chi connectivity index (χ2n) is 11.8. The maximum absolute atomic E-state index is 14.3. The predicted octanol–water partition coefficient (Wildman–Crippen LogP) is 6.65. The second-order valence-corrected chi connectivity index (χ2v) is 11.8. The molecule has 0 aliphatic heterocycles. The van der Waals surface area contributed by atoms with E-state index < -0.39 is 23.8 Å². The zero-order valence-corrected chi connectivity index (χ0v) is 25.3. The average Bonchev–Trinajstić information content (AvgIpc) is 2.84. The van der Waals surface area contributed by atoms with Crippen molar-refractivity contribution < 1.29 is 24.2 Å². The second kappa shape index (κ2) is 14.7. The lowest BCUT2D eigenvalue weighted by atomic mass is 9.98. The van der Waals surface area contributed by atoms with E-state index >= 15 is 0 Å². The number of unbranched alkanes of at least 4 members (excludes halogenated alkanes) is 2. The van der Waals surface area contributed by atoms with Crippen LogP contribution in [-0.2, 0) is 14.3 Å². The third kappa shape index (κ3) is 9.88. The van der Waals surface area contributed by atoms with Crippen LogP contribution in [0.25, 0.3) is 0 Å². The minimum Gasteiger partial charge on any atom is -0.508 e. The van der Waals surface area contributed by atoms with E-state index in [2.05, 4.69) is 17.6 Å². The Bertz CT molecular complexity index is 1120. The Balaban J connectivity index is 2.57. The van der Waals surface area contributed by atoms with E-state index in [1.165, 1.54) is 12.1 Å². The van der Waals surface area contributed by atoms with Crippen molar-refractivity contribution in [2.75, 3.05) is 11.9 Å². The molecule has 0 aliphatic rings. The molecule has 2 aromatic carbocycles. The van der Waals surface area contributed by atoms with Gasteiger partial charge in [0, 0.05) is 12.2 Å². The van der Waals surface area contributed by atoms with Crippen LogP contribution >= 0.6 is 0 Å². The smallest absolute Gasteiger partial charge is 0.408 e. The topological polar surface area (TPSA) is 108 Å². The van der Waals surface area contributed by atoms with Gasteiger partial charge in [-0.1, -0.05) is 63.9 Å². The van der Waals surface area contributed by atoms with Gasteiger partial charge in [-0.2, -0.15) is 0 Å². The molecule has 2 atom stereocenters. The highest BCUT2D eigenvalue weighted by atomic mass is 16.6. The molecule has 0 bridgehead atoms. The highest BCUT2D eigenvalue weighted by Gasteiger charge is 2.36. The molecule has 2 rings (SSSR count). The molecule has 2 aromatic rings. The molecular weight excluding hydrogens is 506 g/mol. The minimum absolute atomic E-state index is 0.0609. The maximum atomic E-state index is 14.3. The number of anilines is 1. The Morgan fingerprint density at radius 3 is 2.10 bits per heavy atom. The van der Waals surface area contributed by atoms with E-state index in [4.69, 9.17) is 4.74 Å². The van der Waals surface area contributed by atoms with Gasteiger partial charge in [0.05, 0.1) is 0 Å². The number of aromatic hydroxyl groups is 1. The summed E-state index contributed by atoms with van der Waals surface area (Å²) in [5.41, 5.74) is 2.35. The molecule has 0 saturated carbocycles. The third-order valence-corrected chi connectivity index (χ3v) is 6.48. The van der Waals surface area contributed by atoms with Crippen molar-refractivity contribution in [1.82, 2.24) is 10.2 Å². The normalized spacial score (nSPS) is 12.9. The highest BCUT2D eigenvalue weighted by Crippen LogP contribution is 2.29. The third-order valence-electron chi connectivity index (χ3n) is 6.48. The number of phenols is 1. The lowest BCUT2D eigenvalue weighted by Crippen LogP contribution is -2.53. The van der Waals surface area contributed by atoms with Crippen molar-refractivity contribution in [2.24, 2.45) is 5.92 Å². The average molecular weight is 554 g/mol. The van der Waals surface area contributed by atoms with Crippen LogP contribution in [0.1, 0.15) is 90.0 Å². The van der Waals surface area contributed by atoms with Gasteiger partial charge in [-0.15, -0.1) is 0 Å². The van der Waals surface area contributed by atoms with Crippen LogP contribution in [-0.4, -0.2) is 46.1 Å². The molecular formula is C32H47N3O5. The van der Waals surface area contributed by atoms with Crippen LogP contribution in [0.15, 0.2) is 42.5 Å². The summed E-state index contributed by atoms with van der Waals surface area (Å²) in [7, 11) is 0. The molecule has 40 heavy (non-hydrogen) atoms. The number of alkyl carbamates (subject to hydrolysis) is 1. The Morgan fingerprint density at radius 2 is 1.57 bits per heavy atom. The van der Waals surface area contributed by atoms with Gasteiger partial charge in [0.25, 0.3) is 5.91 Å². The zero-order valence-electron chi connectivity index (χ0n) is 25.3. The Morgan fingerprint density at radius 1 is 0.975 bits per heavy atom. The molecule has 3 N–H and O–H groups in total. The highest BCUT2D eigenvalue weighted by molar-refractivity contribution is 5.99. The van der Waals surface area contributed by atoms with Crippen molar-refractivity contribution in [3.8, 4) is 5.75 Å². The largest absolute Gasteiger partial charge is 0.508 e. The van der Waals surface area contributed by atoms with Gasteiger partial charge in [-0.25, -0.2) is 4.79 Å². The summed E-state index contributed by atoms with van der Waals surface area (Å²) in [5.74, 6) is -0.568. The van der Waals surface area contributed by atoms with E-state index in [0.717, 1.165) is 24.0 Å². The van der Waals surface area contributed by atoms with E-state index in [1.807, 2.05) is 45.9 Å². The van der Waals surface area contributed by atoms with Gasteiger partial charge in [0.2, 0.25) is 5.91 Å². The molecule has 8 heteroatoms. The summed E-state index contributed by atoms with van der Waals surface area (Å²) in [5, 5.41) is 15.8. The molecule has 2 unspecified atom stereocenters. The monoisotopic (exact) mass is 553 g/mol. The number of nitrogens with zero attached hydrogens (tertiary/aromatic N) is 1. The van der Waals surface area contributed by atoms with Gasteiger partial charge in [0.15, 0.2) is 0 Å². The Hall–Kier alpha value is -3.55. The van der Waals surface area contributed by atoms with Crippen LogP contribution in [0.2, 0.25) is 0 Å². The summed E-state index contributed by atoms with van der Waals surface area (Å²) < 4.78 is 5.46. The van der Waals surface area contributed by atoms with Crippen LogP contribution in [0.5, 0.6) is 5.75 Å². The molecule has 3 amide bonds. The summed E-state index contributed by atoms with van der Waals surface area (Å²) in [6, 6.07) is 10.2. The first-order chi connectivity index (χ1) is 18.7. The number of hydrogen-bond acceptors (Lipinski definition) is 5. The fourth-order valence-electron chi connectivity index (χ4n) is 4.57. The number of ether oxygens (including phenoxy) is 1. The quantitative estimate of drug-likeness (QED) is 0.255. The van der Waals surface area contributed by atoms with Gasteiger partial charge in [-0.05, 0) is 82.2 Å². The van der Waals surface area contributed by atoms with Crippen molar-refractivity contribution in [3.63, 3.8) is 0 Å². The van der Waals surface area contributed by atoms with E-state index in [1.54, 1.807) is 37.8 Å². The molecule has 0 aromatic heterocycles. The molecule has 8 nitrogen and oxygen atoms in total. The van der Waals surface area contributed by atoms with Crippen molar-refractivity contribution in [3.05, 3.63) is 59.2 Å². The number of phenolic OH excluding ortho intramolecular Hbond substituents is 1. The lowest BCUT2D eigenvalue weighted by molar-refractivity contribution is -0.141. The number of para-hydroxylation sites is 1. The summed E-state index contributed by atoms with van der Waals surface area (Å²) in [4.78, 5) is 42.6. The number of amides is 3. The maximum Gasteiger partial charge on any atom is 0.408 e. The van der Waals surface area contributed by atoms with Crippen molar-refractivity contribution in [2.45, 2.75) is 98.8 Å². The first-order valence-corrected chi connectivity index (χ1v) is 14.2. The number of carbonyl (C=O) groups is 3. The molecule has 0 radical (unpaired) electrons. The van der Waals surface area contributed by atoms with Gasteiger partial charge < -0.3 is 25.4 Å². The lowest BCUT2D eigenvalue weighted by Gasteiger charge is -2.35. The van der Waals surface area contributed by atoms with Crippen molar-refractivity contribution in [1.29, 1.82) is 0 Å². The van der Waals surface area contributed by atoms with Crippen LogP contribution in [0.3, 0.4) is 0 Å². The number of aryl methyl sites for hydroxylation is 2. The number of benzene rings is 2. The number of hydrogen-bond donors (Lipinski definition) is 3. The van der Waals surface area contributed by atoms with E-state index in [0.29, 0.717) is 30.6 Å². The summed E-state index contributed by atoms with van der Waals surface area (Å²) >= 11 is 0. The fraction of sp³-hybridized carbons (Fsp3) is 0.531. The Labute approximate surface area is 239 Å². The van der Waals surface area contributed by atoms with E-state index in [9.17, 15) is 19.5 Å². The summed E-state index contributed by atoms with van der Waals surface area (Å²) in [6.45, 7) is 15.5. The first kappa shape index (κ1) is 32.7. The van der Waals surface area contributed by atoms with Gasteiger partial charge in [0.1, 0.15) is 23.4 Å². The number of carbonyl (C=O) groups excluding carboxylic acids is 3. The van der Waals surface area contributed by atoms with Crippen LogP contribution < -0.4 is 10.6 Å². The number of rotatable bonds is 12. The molecule has 0 fully saturated rings. The number of nitrogens with one attached hydrogen (secondary N) is 2. The predicted molar refractivity (Wildman–Crippen MR) is 159 cm³/mol. The SMILES string of the molecule is CCCCCN(C(=O)C(CC(C)C)NC(=O)OC(C)(C)C)C(C(=O)Nc1c(C)cccc1C)c1ccc(O)cc1. The minimum atomic E-state index is -0.987. The fourth-order valence-corrected chi connectivity index (χ4v) is 4.57. The van der Waals surface area contributed by atoms with Gasteiger partial charge >= 0.3 is 6.09 Å². The van der Waals surface area contributed by atoms with Gasteiger partial charge in [-0.3, -0.25) is 9.59 Å². The molecule has 0 saturated heterocycles.